The van der Waals surface area contributed by atoms with E-state index in [2.05, 4.69) is 9.98 Å². The molecule has 1 fully saturated rings. The number of nitrogens with zero attached hydrogens (tertiary/aromatic N) is 3. The van der Waals surface area contributed by atoms with Gasteiger partial charge in [0.05, 0.1) is 11.1 Å². The van der Waals surface area contributed by atoms with Crippen LogP contribution in [0.4, 0.5) is 17.6 Å². The average Bonchev–Trinajstić information content (AvgIpc) is 3.32. The maximum absolute atomic E-state index is 14.0. The van der Waals surface area contributed by atoms with Gasteiger partial charge >= 0.3 is 6.18 Å². The van der Waals surface area contributed by atoms with Gasteiger partial charge in [0.2, 0.25) is 5.62 Å². The van der Waals surface area contributed by atoms with E-state index >= 15 is 0 Å². The Bertz CT molecular complexity index is 838. The molecular formula is C16H13F4N3O. The topological polar surface area (TPSA) is 47.2 Å². The highest BCUT2D eigenvalue weighted by Gasteiger charge is 2.35. The Hall–Kier alpha value is -2.51. The predicted octanol–water partition coefficient (Wildman–Crippen LogP) is 3.19. The van der Waals surface area contributed by atoms with Crippen LogP contribution in [0.25, 0.3) is 0 Å². The lowest BCUT2D eigenvalue weighted by Gasteiger charge is -2.09. The minimum atomic E-state index is -4.88. The first-order chi connectivity index (χ1) is 11.4. The van der Waals surface area contributed by atoms with Crippen LogP contribution in [0.5, 0.6) is 0 Å². The third-order valence-electron chi connectivity index (χ3n) is 3.69. The molecular weight excluding hydrogens is 326 g/mol. The molecule has 1 aromatic carbocycles. The molecule has 0 saturated heterocycles. The molecule has 1 aliphatic carbocycles. The van der Waals surface area contributed by atoms with Crippen LogP contribution in [0.1, 0.15) is 28.8 Å². The van der Waals surface area contributed by atoms with E-state index in [1.165, 1.54) is 6.20 Å². The number of hydrogen-bond donors (Lipinski definition) is 0. The average molecular weight is 339 g/mol. The second-order valence-electron chi connectivity index (χ2n) is 5.60. The van der Waals surface area contributed by atoms with Crippen molar-refractivity contribution in [2.24, 2.45) is 10.9 Å². The van der Waals surface area contributed by atoms with E-state index in [1.54, 1.807) is 16.8 Å². The minimum Gasteiger partial charge on any atom is -0.317 e. The van der Waals surface area contributed by atoms with Crippen LogP contribution >= 0.6 is 0 Å². The number of hydrogen-bond acceptors (Lipinski definition) is 2. The van der Waals surface area contributed by atoms with Gasteiger partial charge in [-0.3, -0.25) is 4.79 Å². The number of carbonyl (C=O) groups is 1. The summed E-state index contributed by atoms with van der Waals surface area (Å²) < 4.78 is 53.9. The van der Waals surface area contributed by atoms with E-state index in [-0.39, 0.29) is 5.62 Å². The second kappa shape index (κ2) is 6.18. The van der Waals surface area contributed by atoms with Crippen molar-refractivity contribution < 1.29 is 22.4 Å². The smallest absolute Gasteiger partial charge is 0.317 e. The molecule has 4 nitrogen and oxygen atoms in total. The molecule has 0 bridgehead atoms. The first-order valence-electron chi connectivity index (χ1n) is 7.32. The molecule has 1 aliphatic rings. The van der Waals surface area contributed by atoms with Crippen LogP contribution in [-0.4, -0.2) is 15.5 Å². The van der Waals surface area contributed by atoms with Crippen molar-refractivity contribution in [3.63, 3.8) is 0 Å². The molecule has 1 amide bonds. The van der Waals surface area contributed by atoms with Crippen molar-refractivity contribution >= 4 is 5.91 Å². The molecule has 2 aromatic rings. The molecule has 0 atom stereocenters. The van der Waals surface area contributed by atoms with Crippen molar-refractivity contribution in [1.29, 1.82) is 0 Å². The van der Waals surface area contributed by atoms with Gasteiger partial charge in [-0.2, -0.15) is 18.2 Å². The van der Waals surface area contributed by atoms with Gasteiger partial charge < -0.3 is 4.57 Å². The van der Waals surface area contributed by atoms with Gasteiger partial charge in [0.25, 0.3) is 5.91 Å². The number of aromatic nitrogens is 2. The Morgan fingerprint density at radius 1 is 1.29 bits per heavy atom. The van der Waals surface area contributed by atoms with Crippen molar-refractivity contribution in [2.45, 2.75) is 25.6 Å². The third kappa shape index (κ3) is 3.52. The highest BCUT2D eigenvalue weighted by Crippen LogP contribution is 2.32. The monoisotopic (exact) mass is 339 g/mol. The van der Waals surface area contributed by atoms with E-state index < -0.39 is 29.0 Å². The van der Waals surface area contributed by atoms with Crippen LogP contribution < -0.4 is 5.62 Å². The summed E-state index contributed by atoms with van der Waals surface area (Å²) in [5.74, 6) is -2.24. The lowest BCUT2D eigenvalue weighted by atomic mass is 10.1. The summed E-state index contributed by atoms with van der Waals surface area (Å²) >= 11 is 0. The molecule has 1 saturated carbocycles. The zero-order valence-electron chi connectivity index (χ0n) is 12.4. The predicted molar refractivity (Wildman–Crippen MR) is 76.2 cm³/mol. The third-order valence-corrected chi connectivity index (χ3v) is 3.69. The largest absolute Gasteiger partial charge is 0.419 e. The molecule has 1 heterocycles. The number of alkyl halides is 3. The van der Waals surface area contributed by atoms with Crippen LogP contribution in [-0.2, 0) is 12.7 Å². The Labute approximate surface area is 134 Å². The molecule has 0 radical (unpaired) electrons. The SMILES string of the molecule is O=C(N=c1ncccn1CC1CC1)c1cccc(C(F)(F)F)c1F. The van der Waals surface area contributed by atoms with E-state index in [0.29, 0.717) is 18.5 Å². The van der Waals surface area contributed by atoms with Crippen molar-refractivity contribution in [3.05, 3.63) is 59.2 Å². The molecule has 24 heavy (non-hydrogen) atoms. The van der Waals surface area contributed by atoms with Gasteiger partial charge in [0.15, 0.2) is 0 Å². The Kier molecular flexibility index (Phi) is 4.21. The summed E-state index contributed by atoms with van der Waals surface area (Å²) in [6.07, 6.45) is 0.351. The fourth-order valence-corrected chi connectivity index (χ4v) is 2.27. The summed E-state index contributed by atoms with van der Waals surface area (Å²) in [7, 11) is 0. The molecule has 0 unspecified atom stereocenters. The number of rotatable bonds is 3. The number of benzene rings is 1. The number of halogens is 4. The molecule has 0 spiro atoms. The van der Waals surface area contributed by atoms with Gasteiger partial charge in [-0.25, -0.2) is 9.37 Å². The van der Waals surface area contributed by atoms with Crippen LogP contribution in [0.3, 0.4) is 0 Å². The highest BCUT2D eigenvalue weighted by atomic mass is 19.4. The quantitative estimate of drug-likeness (QED) is 0.807. The fourth-order valence-electron chi connectivity index (χ4n) is 2.27. The van der Waals surface area contributed by atoms with Gasteiger partial charge in [-0.05, 0) is 37.0 Å². The summed E-state index contributed by atoms with van der Waals surface area (Å²) in [4.78, 5) is 19.8. The molecule has 0 N–H and O–H groups in total. The van der Waals surface area contributed by atoms with Crippen LogP contribution in [0.2, 0.25) is 0 Å². The molecule has 126 valence electrons. The summed E-state index contributed by atoms with van der Waals surface area (Å²) in [5, 5.41) is 0. The number of amides is 1. The molecule has 1 aromatic heterocycles. The normalized spacial score (nSPS) is 15.6. The van der Waals surface area contributed by atoms with Gasteiger partial charge in [0, 0.05) is 18.9 Å². The zero-order chi connectivity index (χ0) is 17.3. The van der Waals surface area contributed by atoms with E-state index in [0.717, 1.165) is 25.0 Å². The second-order valence-corrected chi connectivity index (χ2v) is 5.60. The fraction of sp³-hybridized carbons (Fsp3) is 0.312. The Balaban J connectivity index is 1.99. The maximum Gasteiger partial charge on any atom is 0.419 e. The standard InChI is InChI=1S/C16H13F4N3O/c17-13-11(3-1-4-12(13)16(18,19)20)14(24)22-15-21-7-2-8-23(15)9-10-5-6-10/h1-4,7-8,10H,5-6,9H2. The van der Waals surface area contributed by atoms with Crippen molar-refractivity contribution in [1.82, 2.24) is 9.55 Å². The van der Waals surface area contributed by atoms with E-state index in [9.17, 15) is 22.4 Å². The molecule has 8 heteroatoms. The van der Waals surface area contributed by atoms with E-state index in [1.807, 2.05) is 0 Å². The van der Waals surface area contributed by atoms with Gasteiger partial charge in [-0.1, -0.05) is 6.07 Å². The van der Waals surface area contributed by atoms with Crippen molar-refractivity contribution in [2.75, 3.05) is 0 Å². The highest BCUT2D eigenvalue weighted by molar-refractivity contribution is 5.95. The Morgan fingerprint density at radius 2 is 2.04 bits per heavy atom. The summed E-state index contributed by atoms with van der Waals surface area (Å²) in [6, 6.07) is 4.20. The van der Waals surface area contributed by atoms with Crippen LogP contribution in [0.15, 0.2) is 41.7 Å². The summed E-state index contributed by atoms with van der Waals surface area (Å²) in [6.45, 7) is 0.616. The van der Waals surface area contributed by atoms with Gasteiger partial charge in [0.1, 0.15) is 5.82 Å². The molecule has 3 rings (SSSR count). The zero-order valence-corrected chi connectivity index (χ0v) is 12.4. The van der Waals surface area contributed by atoms with Crippen LogP contribution in [0, 0.1) is 11.7 Å². The first-order valence-corrected chi connectivity index (χ1v) is 7.32. The lowest BCUT2D eigenvalue weighted by molar-refractivity contribution is -0.140. The first kappa shape index (κ1) is 16.4. The molecule has 0 aliphatic heterocycles. The maximum atomic E-state index is 14.0. The number of carbonyl (C=O) groups excluding carboxylic acids is 1. The Morgan fingerprint density at radius 3 is 2.71 bits per heavy atom. The van der Waals surface area contributed by atoms with Crippen molar-refractivity contribution in [3.8, 4) is 0 Å². The minimum absolute atomic E-state index is 0.0474. The summed E-state index contributed by atoms with van der Waals surface area (Å²) in [5.41, 5.74) is -2.17. The van der Waals surface area contributed by atoms with E-state index in [4.69, 9.17) is 0 Å². The van der Waals surface area contributed by atoms with Gasteiger partial charge in [-0.15, -0.1) is 0 Å². The lowest BCUT2D eigenvalue weighted by Crippen LogP contribution is -2.26.